The summed E-state index contributed by atoms with van der Waals surface area (Å²) in [5, 5.41) is 3.41. The summed E-state index contributed by atoms with van der Waals surface area (Å²) in [6, 6.07) is 17.1. The molecule has 6 heteroatoms. The second-order valence-electron chi connectivity index (χ2n) is 6.68. The van der Waals surface area contributed by atoms with Crippen molar-refractivity contribution in [3.05, 3.63) is 65.2 Å². The van der Waals surface area contributed by atoms with Crippen LogP contribution in [-0.4, -0.2) is 42.9 Å². The summed E-state index contributed by atoms with van der Waals surface area (Å²) in [7, 11) is 0. The van der Waals surface area contributed by atoms with Crippen molar-refractivity contribution in [2.45, 2.75) is 19.4 Å². The van der Waals surface area contributed by atoms with Crippen LogP contribution in [0.4, 0.5) is 5.69 Å². The Labute approximate surface area is 164 Å². The molecule has 1 N–H and O–H groups in total. The van der Waals surface area contributed by atoms with Crippen molar-refractivity contribution in [2.24, 2.45) is 0 Å². The number of nitrogens with zero attached hydrogens (tertiary/aromatic N) is 2. The molecule has 0 aliphatic carbocycles. The average Bonchev–Trinajstić information content (AvgIpc) is 2.68. The zero-order valence-electron chi connectivity index (χ0n) is 15.4. The van der Waals surface area contributed by atoms with Crippen LogP contribution in [0.2, 0.25) is 5.02 Å². The zero-order chi connectivity index (χ0) is 19.2. The van der Waals surface area contributed by atoms with Crippen molar-refractivity contribution in [1.82, 2.24) is 10.2 Å². The van der Waals surface area contributed by atoms with E-state index < -0.39 is 6.04 Å². The van der Waals surface area contributed by atoms with Gasteiger partial charge in [-0.25, -0.2) is 0 Å². The Balaban J connectivity index is 1.63. The first-order valence-electron chi connectivity index (χ1n) is 9.14. The van der Waals surface area contributed by atoms with Crippen molar-refractivity contribution in [1.29, 1.82) is 0 Å². The fourth-order valence-electron chi connectivity index (χ4n) is 3.40. The number of benzene rings is 2. The Morgan fingerprint density at radius 1 is 1.00 bits per heavy atom. The molecule has 1 atom stereocenters. The Morgan fingerprint density at radius 2 is 1.63 bits per heavy atom. The minimum Gasteiger partial charge on any atom is -0.368 e. The molecule has 27 heavy (non-hydrogen) atoms. The van der Waals surface area contributed by atoms with E-state index in [4.69, 9.17) is 11.6 Å². The number of nitrogens with one attached hydrogen (secondary N) is 1. The number of piperazine rings is 1. The minimum atomic E-state index is -0.421. The monoisotopic (exact) mass is 385 g/mol. The first-order chi connectivity index (χ1) is 13.0. The molecule has 0 spiro atoms. The zero-order valence-corrected chi connectivity index (χ0v) is 16.2. The van der Waals surface area contributed by atoms with Crippen LogP contribution in [0.15, 0.2) is 54.6 Å². The molecule has 1 saturated heterocycles. The lowest BCUT2D eigenvalue weighted by atomic mass is 10.0. The minimum absolute atomic E-state index is 0.0291. The second kappa shape index (κ2) is 8.91. The maximum absolute atomic E-state index is 12.8. The van der Waals surface area contributed by atoms with Gasteiger partial charge in [-0.1, -0.05) is 48.0 Å². The van der Waals surface area contributed by atoms with Crippen LogP contribution < -0.4 is 10.2 Å². The number of carbonyl (C=O) groups is 2. The highest BCUT2D eigenvalue weighted by Gasteiger charge is 2.25. The van der Waals surface area contributed by atoms with Crippen LogP contribution in [-0.2, 0) is 9.59 Å². The van der Waals surface area contributed by atoms with E-state index in [0.29, 0.717) is 18.1 Å². The summed E-state index contributed by atoms with van der Waals surface area (Å²) in [5.74, 6) is -0.150. The molecule has 1 fully saturated rings. The summed E-state index contributed by atoms with van der Waals surface area (Å²) in [5.41, 5.74) is 1.95. The molecule has 1 heterocycles. The van der Waals surface area contributed by atoms with Gasteiger partial charge in [0.15, 0.2) is 0 Å². The third-order valence-corrected chi connectivity index (χ3v) is 5.13. The number of para-hydroxylation sites is 1. The highest BCUT2D eigenvalue weighted by molar-refractivity contribution is 6.31. The molecule has 1 aliphatic heterocycles. The number of amides is 2. The Bertz CT molecular complexity index is 789. The summed E-state index contributed by atoms with van der Waals surface area (Å²) in [6.45, 7) is 4.39. The third kappa shape index (κ3) is 5.01. The van der Waals surface area contributed by atoms with E-state index in [2.05, 4.69) is 22.3 Å². The van der Waals surface area contributed by atoms with Gasteiger partial charge in [0, 0.05) is 43.8 Å². The molecule has 0 radical (unpaired) electrons. The highest BCUT2D eigenvalue weighted by atomic mass is 35.5. The predicted molar refractivity (Wildman–Crippen MR) is 108 cm³/mol. The van der Waals surface area contributed by atoms with E-state index in [1.165, 1.54) is 12.6 Å². The molecule has 0 bridgehead atoms. The molecule has 0 unspecified atom stereocenters. The van der Waals surface area contributed by atoms with Gasteiger partial charge in [-0.15, -0.1) is 0 Å². The Kier molecular flexibility index (Phi) is 6.35. The van der Waals surface area contributed by atoms with Crippen LogP contribution in [0, 0.1) is 0 Å². The van der Waals surface area contributed by atoms with Crippen molar-refractivity contribution in [3.63, 3.8) is 0 Å². The SMILES string of the molecule is CC(=O)N[C@@H](CC(=O)N1CCN(c2ccccc2)CC1)c1ccccc1Cl. The normalized spacial score (nSPS) is 15.3. The molecule has 1 aliphatic rings. The summed E-state index contributed by atoms with van der Waals surface area (Å²) in [6.07, 6.45) is 0.203. The fraction of sp³-hybridized carbons (Fsp3) is 0.333. The predicted octanol–water partition coefficient (Wildman–Crippen LogP) is 3.26. The van der Waals surface area contributed by atoms with Gasteiger partial charge in [-0.2, -0.15) is 0 Å². The van der Waals surface area contributed by atoms with Crippen molar-refractivity contribution >= 4 is 29.1 Å². The first-order valence-corrected chi connectivity index (χ1v) is 9.51. The summed E-state index contributed by atoms with van der Waals surface area (Å²) >= 11 is 6.28. The van der Waals surface area contributed by atoms with Crippen molar-refractivity contribution in [3.8, 4) is 0 Å². The van der Waals surface area contributed by atoms with Crippen LogP contribution in [0.25, 0.3) is 0 Å². The second-order valence-corrected chi connectivity index (χ2v) is 7.09. The lowest BCUT2D eigenvalue weighted by molar-refractivity contribution is -0.132. The lowest BCUT2D eigenvalue weighted by Gasteiger charge is -2.36. The molecule has 2 aromatic rings. The lowest BCUT2D eigenvalue weighted by Crippen LogP contribution is -2.49. The maximum Gasteiger partial charge on any atom is 0.225 e. The maximum atomic E-state index is 12.8. The molecule has 0 aromatic heterocycles. The molecular weight excluding hydrogens is 362 g/mol. The summed E-state index contributed by atoms with van der Waals surface area (Å²) < 4.78 is 0. The number of carbonyl (C=O) groups excluding carboxylic acids is 2. The van der Waals surface area contributed by atoms with Gasteiger partial charge in [-0.05, 0) is 23.8 Å². The molecule has 5 nitrogen and oxygen atoms in total. The van der Waals surface area contributed by atoms with Gasteiger partial charge in [-0.3, -0.25) is 9.59 Å². The van der Waals surface area contributed by atoms with Gasteiger partial charge in [0.25, 0.3) is 0 Å². The van der Waals surface area contributed by atoms with Crippen LogP contribution in [0.1, 0.15) is 24.9 Å². The van der Waals surface area contributed by atoms with E-state index >= 15 is 0 Å². The van der Waals surface area contributed by atoms with Crippen LogP contribution >= 0.6 is 11.6 Å². The Morgan fingerprint density at radius 3 is 2.26 bits per heavy atom. The van der Waals surface area contributed by atoms with Gasteiger partial charge in [0.1, 0.15) is 0 Å². The van der Waals surface area contributed by atoms with Gasteiger partial charge in [0.2, 0.25) is 11.8 Å². The standard InChI is InChI=1S/C21H24ClN3O2/c1-16(26)23-20(18-9-5-6-10-19(18)22)15-21(27)25-13-11-24(12-14-25)17-7-3-2-4-8-17/h2-10,20H,11-15H2,1H3,(H,23,26)/t20-/m0/s1. The quantitative estimate of drug-likeness (QED) is 0.859. The number of rotatable bonds is 5. The number of hydrogen-bond donors (Lipinski definition) is 1. The fourth-order valence-corrected chi connectivity index (χ4v) is 3.67. The summed E-state index contributed by atoms with van der Waals surface area (Å²) in [4.78, 5) is 28.6. The van der Waals surface area contributed by atoms with Gasteiger partial charge in [0.05, 0.1) is 12.5 Å². The van der Waals surface area contributed by atoms with E-state index in [1.54, 1.807) is 6.07 Å². The molecular formula is C21H24ClN3O2. The smallest absolute Gasteiger partial charge is 0.225 e. The molecule has 3 rings (SSSR count). The Hall–Kier alpha value is -2.53. The van der Waals surface area contributed by atoms with Crippen molar-refractivity contribution in [2.75, 3.05) is 31.1 Å². The van der Waals surface area contributed by atoms with Crippen LogP contribution in [0.3, 0.4) is 0 Å². The average molecular weight is 386 g/mol. The van der Waals surface area contributed by atoms with E-state index in [-0.39, 0.29) is 18.2 Å². The topological polar surface area (TPSA) is 52.7 Å². The van der Waals surface area contributed by atoms with E-state index in [1.807, 2.05) is 41.3 Å². The number of halogens is 1. The van der Waals surface area contributed by atoms with E-state index in [9.17, 15) is 9.59 Å². The van der Waals surface area contributed by atoms with Gasteiger partial charge < -0.3 is 15.1 Å². The molecule has 2 amide bonds. The van der Waals surface area contributed by atoms with Crippen LogP contribution in [0.5, 0.6) is 0 Å². The molecule has 0 saturated carbocycles. The van der Waals surface area contributed by atoms with Gasteiger partial charge >= 0.3 is 0 Å². The largest absolute Gasteiger partial charge is 0.368 e. The number of hydrogen-bond acceptors (Lipinski definition) is 3. The highest BCUT2D eigenvalue weighted by Crippen LogP contribution is 2.26. The van der Waals surface area contributed by atoms with E-state index in [0.717, 1.165) is 18.7 Å². The first kappa shape index (κ1) is 19.2. The third-order valence-electron chi connectivity index (χ3n) is 4.79. The number of anilines is 1. The molecule has 2 aromatic carbocycles. The van der Waals surface area contributed by atoms with Crippen molar-refractivity contribution < 1.29 is 9.59 Å². The molecule has 142 valence electrons.